The number of benzene rings is 1. The second-order valence-electron chi connectivity index (χ2n) is 4.42. The van der Waals surface area contributed by atoms with E-state index in [2.05, 4.69) is 23.5 Å². The van der Waals surface area contributed by atoms with E-state index in [1.54, 1.807) is 13.3 Å². The van der Waals surface area contributed by atoms with Crippen LogP contribution in [-0.4, -0.2) is 16.9 Å². The summed E-state index contributed by atoms with van der Waals surface area (Å²) in [5, 5.41) is 4.29. The van der Waals surface area contributed by atoms with Gasteiger partial charge in [-0.15, -0.1) is 0 Å². The van der Waals surface area contributed by atoms with Crippen molar-refractivity contribution in [3.8, 4) is 5.75 Å². The van der Waals surface area contributed by atoms with E-state index < -0.39 is 0 Å². The molecule has 0 amide bonds. The Bertz CT molecular complexity index is 550. The van der Waals surface area contributed by atoms with Gasteiger partial charge >= 0.3 is 0 Å². The van der Waals surface area contributed by atoms with Gasteiger partial charge in [-0.05, 0) is 26.0 Å². The largest absolute Gasteiger partial charge is 0.496 e. The molecular weight excluding hydrogens is 240 g/mol. The van der Waals surface area contributed by atoms with E-state index in [-0.39, 0.29) is 6.04 Å². The first-order chi connectivity index (χ1) is 9.21. The monoisotopic (exact) mass is 260 g/mol. The molecule has 1 aromatic heterocycles. The number of methoxy groups -OCH3 is 1. The summed E-state index contributed by atoms with van der Waals surface area (Å²) >= 11 is 0. The number of hydrazine groups is 1. The summed E-state index contributed by atoms with van der Waals surface area (Å²) in [7, 11) is 1.67. The van der Waals surface area contributed by atoms with Crippen molar-refractivity contribution in [2.24, 2.45) is 5.84 Å². The van der Waals surface area contributed by atoms with Crippen LogP contribution in [0.3, 0.4) is 0 Å². The summed E-state index contributed by atoms with van der Waals surface area (Å²) in [5.74, 6) is 6.56. The fourth-order valence-corrected chi connectivity index (χ4v) is 2.27. The van der Waals surface area contributed by atoms with Crippen molar-refractivity contribution in [1.29, 1.82) is 0 Å². The fourth-order valence-electron chi connectivity index (χ4n) is 2.27. The van der Waals surface area contributed by atoms with Crippen molar-refractivity contribution in [3.63, 3.8) is 0 Å². The highest BCUT2D eigenvalue weighted by atomic mass is 16.5. The lowest BCUT2D eigenvalue weighted by molar-refractivity contribution is 0.402. The zero-order valence-electron chi connectivity index (χ0n) is 11.6. The average Bonchev–Trinajstić information content (AvgIpc) is 2.88. The topological polar surface area (TPSA) is 65.1 Å². The van der Waals surface area contributed by atoms with Crippen LogP contribution in [0.25, 0.3) is 0 Å². The van der Waals surface area contributed by atoms with Gasteiger partial charge in [0.05, 0.1) is 18.8 Å². The van der Waals surface area contributed by atoms with Crippen molar-refractivity contribution >= 4 is 0 Å². The molecule has 2 rings (SSSR count). The predicted octanol–water partition coefficient (Wildman–Crippen LogP) is 1.77. The number of hydrogen-bond acceptors (Lipinski definition) is 4. The summed E-state index contributed by atoms with van der Waals surface area (Å²) in [6.07, 6.45) is 1.78. The first-order valence-corrected chi connectivity index (χ1v) is 6.33. The lowest BCUT2D eigenvalue weighted by Crippen LogP contribution is -2.31. The molecule has 0 saturated heterocycles. The molecule has 5 nitrogen and oxygen atoms in total. The summed E-state index contributed by atoms with van der Waals surface area (Å²) < 4.78 is 7.35. The maximum absolute atomic E-state index is 5.75. The van der Waals surface area contributed by atoms with Gasteiger partial charge in [0.15, 0.2) is 0 Å². The lowest BCUT2D eigenvalue weighted by atomic mass is 10.0. The van der Waals surface area contributed by atoms with Crippen LogP contribution in [0, 0.1) is 6.92 Å². The predicted molar refractivity (Wildman–Crippen MR) is 74.8 cm³/mol. The third-order valence-electron chi connectivity index (χ3n) is 3.21. The highest BCUT2D eigenvalue weighted by Crippen LogP contribution is 2.30. The van der Waals surface area contributed by atoms with Crippen LogP contribution < -0.4 is 16.0 Å². The van der Waals surface area contributed by atoms with E-state index in [0.717, 1.165) is 23.6 Å². The van der Waals surface area contributed by atoms with E-state index in [0.29, 0.717) is 0 Å². The minimum atomic E-state index is -0.141. The van der Waals surface area contributed by atoms with Gasteiger partial charge < -0.3 is 4.74 Å². The van der Waals surface area contributed by atoms with Crippen molar-refractivity contribution in [1.82, 2.24) is 15.2 Å². The van der Waals surface area contributed by atoms with Gasteiger partial charge in [-0.1, -0.05) is 17.7 Å². The molecule has 0 spiro atoms. The fraction of sp³-hybridized carbons (Fsp3) is 0.357. The van der Waals surface area contributed by atoms with Crippen molar-refractivity contribution in [2.75, 3.05) is 7.11 Å². The Labute approximate surface area is 113 Å². The quantitative estimate of drug-likeness (QED) is 0.635. The lowest BCUT2D eigenvalue weighted by Gasteiger charge is -2.20. The van der Waals surface area contributed by atoms with Crippen LogP contribution in [0.15, 0.2) is 30.5 Å². The number of aryl methyl sites for hydroxylation is 2. The van der Waals surface area contributed by atoms with E-state index in [9.17, 15) is 0 Å². The highest BCUT2D eigenvalue weighted by Gasteiger charge is 2.20. The summed E-state index contributed by atoms with van der Waals surface area (Å²) in [4.78, 5) is 0. The normalized spacial score (nSPS) is 12.4. The second-order valence-corrected chi connectivity index (χ2v) is 4.42. The number of ether oxygens (including phenoxy) is 1. The molecule has 19 heavy (non-hydrogen) atoms. The molecule has 0 aliphatic heterocycles. The Balaban J connectivity index is 2.50. The second kappa shape index (κ2) is 5.86. The van der Waals surface area contributed by atoms with E-state index in [1.807, 2.05) is 29.8 Å². The zero-order valence-corrected chi connectivity index (χ0v) is 11.6. The Morgan fingerprint density at radius 2 is 2.21 bits per heavy atom. The Kier molecular flexibility index (Phi) is 4.19. The highest BCUT2D eigenvalue weighted by molar-refractivity contribution is 5.42. The van der Waals surface area contributed by atoms with Gasteiger partial charge in [0, 0.05) is 18.3 Å². The van der Waals surface area contributed by atoms with Gasteiger partial charge in [0.2, 0.25) is 0 Å². The number of nitrogens with two attached hydrogens (primary N) is 1. The van der Waals surface area contributed by atoms with Crippen molar-refractivity contribution < 1.29 is 4.74 Å². The molecule has 102 valence electrons. The smallest absolute Gasteiger partial charge is 0.124 e. The van der Waals surface area contributed by atoms with E-state index >= 15 is 0 Å². The first kappa shape index (κ1) is 13.6. The standard InChI is InChI=1S/C14H20N4O/c1-4-18-12(7-8-16-18)14(17-15)11-9-10(2)5-6-13(11)19-3/h5-9,14,17H,4,15H2,1-3H3. The Morgan fingerprint density at radius 3 is 2.84 bits per heavy atom. The molecule has 1 aromatic carbocycles. The molecule has 1 atom stereocenters. The molecular formula is C14H20N4O. The molecule has 0 bridgehead atoms. The number of nitrogens with zero attached hydrogens (tertiary/aromatic N) is 2. The molecule has 0 fully saturated rings. The van der Waals surface area contributed by atoms with Gasteiger partial charge in [-0.25, -0.2) is 5.43 Å². The summed E-state index contributed by atoms with van der Waals surface area (Å²) in [5.41, 5.74) is 6.06. The van der Waals surface area contributed by atoms with Gasteiger partial charge in [-0.2, -0.15) is 5.10 Å². The van der Waals surface area contributed by atoms with Crippen molar-refractivity contribution in [2.45, 2.75) is 26.4 Å². The van der Waals surface area contributed by atoms with Crippen LogP contribution in [0.2, 0.25) is 0 Å². The summed E-state index contributed by atoms with van der Waals surface area (Å²) in [6.45, 7) is 4.90. The average molecular weight is 260 g/mol. The van der Waals surface area contributed by atoms with Crippen LogP contribution >= 0.6 is 0 Å². The molecule has 0 aliphatic rings. The number of nitrogens with one attached hydrogen (secondary N) is 1. The minimum absolute atomic E-state index is 0.141. The Hall–Kier alpha value is -1.85. The number of aromatic nitrogens is 2. The molecule has 0 radical (unpaired) electrons. The number of rotatable bonds is 5. The third kappa shape index (κ3) is 2.62. The maximum atomic E-state index is 5.75. The first-order valence-electron chi connectivity index (χ1n) is 6.33. The van der Waals surface area contributed by atoms with Gasteiger partial charge in [0.1, 0.15) is 5.75 Å². The maximum Gasteiger partial charge on any atom is 0.124 e. The zero-order chi connectivity index (χ0) is 13.8. The molecule has 1 heterocycles. The van der Waals surface area contributed by atoms with Gasteiger partial charge in [-0.3, -0.25) is 10.5 Å². The van der Waals surface area contributed by atoms with Crippen LogP contribution in [-0.2, 0) is 6.54 Å². The molecule has 3 N–H and O–H groups in total. The van der Waals surface area contributed by atoms with Crippen LogP contribution in [0.4, 0.5) is 0 Å². The molecule has 0 aliphatic carbocycles. The van der Waals surface area contributed by atoms with E-state index in [1.165, 1.54) is 5.56 Å². The van der Waals surface area contributed by atoms with Crippen molar-refractivity contribution in [3.05, 3.63) is 47.3 Å². The van der Waals surface area contributed by atoms with Crippen LogP contribution in [0.5, 0.6) is 5.75 Å². The molecule has 1 unspecified atom stereocenters. The number of hydrogen-bond donors (Lipinski definition) is 2. The third-order valence-corrected chi connectivity index (χ3v) is 3.21. The molecule has 0 saturated carbocycles. The minimum Gasteiger partial charge on any atom is -0.496 e. The SMILES string of the molecule is CCn1nccc1C(NN)c1cc(C)ccc1OC. The van der Waals surface area contributed by atoms with Crippen LogP contribution in [0.1, 0.15) is 29.8 Å². The molecule has 2 aromatic rings. The Morgan fingerprint density at radius 1 is 1.42 bits per heavy atom. The molecule has 5 heteroatoms. The summed E-state index contributed by atoms with van der Waals surface area (Å²) in [6, 6.07) is 7.89. The van der Waals surface area contributed by atoms with Gasteiger partial charge in [0.25, 0.3) is 0 Å². The van der Waals surface area contributed by atoms with E-state index in [4.69, 9.17) is 10.6 Å².